The van der Waals surface area contributed by atoms with Crippen LogP contribution in [-0.2, 0) is 28.8 Å². The van der Waals surface area contributed by atoms with Crippen molar-refractivity contribution in [2.75, 3.05) is 0 Å². The van der Waals surface area contributed by atoms with Gasteiger partial charge in [0.05, 0.1) is 51.6 Å². The molecule has 0 fully saturated rings. The van der Waals surface area contributed by atoms with Gasteiger partial charge in [0.1, 0.15) is 58.2 Å². The number of hydrogen-bond acceptors (Lipinski definition) is 21. The molecule has 6 rings (SSSR count). The lowest BCUT2D eigenvalue weighted by atomic mass is 9.97. The van der Waals surface area contributed by atoms with Crippen molar-refractivity contribution in [3.05, 3.63) is 145 Å². The van der Waals surface area contributed by atoms with Crippen LogP contribution in [0.2, 0.25) is 0 Å². The Morgan fingerprint density at radius 2 is 1.33 bits per heavy atom. The molecule has 3 atom stereocenters. The van der Waals surface area contributed by atoms with Crippen LogP contribution in [0, 0.1) is 6.92 Å². The zero-order valence-corrected chi connectivity index (χ0v) is 44.2. The van der Waals surface area contributed by atoms with Gasteiger partial charge in [-0.15, -0.1) is 11.3 Å². The van der Waals surface area contributed by atoms with E-state index < -0.39 is 123 Å². The summed E-state index contributed by atoms with van der Waals surface area (Å²) in [6, 6.07) is -0.900. The molecule has 0 spiro atoms. The molecule has 31 heteroatoms. The summed E-state index contributed by atoms with van der Waals surface area (Å²) in [6.07, 6.45) is 1.68. The lowest BCUT2D eigenvalue weighted by molar-refractivity contribution is -0.132. The van der Waals surface area contributed by atoms with Crippen LogP contribution >= 0.6 is 11.3 Å². The smallest absolute Gasteiger partial charge is 0.278 e. The number of pyridine rings is 1. The summed E-state index contributed by atoms with van der Waals surface area (Å²) in [4.78, 5) is 153. The molecule has 81 heavy (non-hydrogen) atoms. The maximum Gasteiger partial charge on any atom is 0.278 e. The van der Waals surface area contributed by atoms with E-state index in [-0.39, 0.29) is 68.0 Å². The highest BCUT2D eigenvalue weighted by Crippen LogP contribution is 2.33. The highest BCUT2D eigenvalue weighted by atomic mass is 32.1. The van der Waals surface area contributed by atoms with Gasteiger partial charge in [-0.3, -0.25) is 47.9 Å². The summed E-state index contributed by atoms with van der Waals surface area (Å²) in [7, 11) is 0. The first-order valence-corrected chi connectivity index (χ1v) is 24.0. The van der Waals surface area contributed by atoms with Crippen molar-refractivity contribution >= 4 is 87.5 Å². The van der Waals surface area contributed by atoms with Crippen LogP contribution in [-0.4, -0.2) is 118 Å². The Morgan fingerprint density at radius 3 is 1.99 bits per heavy atom. The van der Waals surface area contributed by atoms with Gasteiger partial charge in [0.2, 0.25) is 29.5 Å². The number of nitrogens with one attached hydrogen (secondary N) is 9. The lowest BCUT2D eigenvalue weighted by Crippen LogP contribution is -2.58. The van der Waals surface area contributed by atoms with E-state index in [1.54, 1.807) is 0 Å². The third-order valence-corrected chi connectivity index (χ3v) is 11.8. The van der Waals surface area contributed by atoms with E-state index in [1.165, 1.54) is 58.2 Å². The molecule has 8 bridgehead atoms. The number of allylic oxidation sites excluding steroid dienone is 1. The van der Waals surface area contributed by atoms with Crippen molar-refractivity contribution in [3.63, 3.8) is 0 Å². The molecule has 5 aromatic heterocycles. The number of aliphatic hydroxyl groups is 2. The number of hydrogen-bond donors (Lipinski definition) is 12. The molecule has 0 saturated heterocycles. The SMILES string of the molecule is C=C(NC(=O)C(=C)NC(=O)c1ccc2c(n1)-c1coc(n1)C(=C)NC(=O)C(=C)NC(=O)c1nc(oc1C)C(=C)NC(=O)[C@H](C(C)(C)O)NC(=O)C(=C)NC(=O)c1coc(n1)C(=CC)NC(=O)[C@H]([C@@H](C)O)NC(=O)c1csc-2n1)C(N)=O. The second-order valence-electron chi connectivity index (χ2n) is 17.6. The van der Waals surface area contributed by atoms with Crippen LogP contribution in [0.1, 0.15) is 93.1 Å². The molecule has 0 saturated carbocycles. The first-order valence-electron chi connectivity index (χ1n) is 23.1. The topological polar surface area (TPSA) is 449 Å². The summed E-state index contributed by atoms with van der Waals surface area (Å²) < 4.78 is 16.6. The Morgan fingerprint density at radius 1 is 0.716 bits per heavy atom. The monoisotopic (exact) mass is 1130 g/mol. The van der Waals surface area contributed by atoms with Gasteiger partial charge >= 0.3 is 0 Å². The summed E-state index contributed by atoms with van der Waals surface area (Å²) in [5, 5.41) is 43.5. The highest BCUT2D eigenvalue weighted by molar-refractivity contribution is 7.13. The lowest BCUT2D eigenvalue weighted by Gasteiger charge is -2.29. The number of aromatic nitrogens is 5. The zero-order chi connectivity index (χ0) is 59.9. The van der Waals surface area contributed by atoms with Crippen molar-refractivity contribution in [1.82, 2.24) is 72.8 Å². The Hall–Kier alpha value is -10.8. The number of carbonyl (C=O) groups excluding carboxylic acids is 10. The van der Waals surface area contributed by atoms with Crippen molar-refractivity contribution in [2.24, 2.45) is 5.73 Å². The van der Waals surface area contributed by atoms with E-state index >= 15 is 0 Å². The standard InChI is InChI=1S/C50H49N15O15S/c1-12-27-48-61-30(16-79-48)41(72)54-21(5)39(70)65-35(50(10,11)77)45(76)57-23(7)47-64-33(25(9)80-47)44(75)55-20(4)38(69)56-22(6)46-60-29(15-78-46)34-26(49-62-31(17-81-49)42(73)63-32(24(8)66)43(74)59-27)13-14-28(58-34)40(71)53-19(3)37(68)52-18(2)36(51)67/h12-17,24,32,35,66,77H,2-7H2,1,8-11H3,(H2,51,67)(H,52,68)(H,53,71)(H,54,72)(H,55,75)(H,56,69)(H,57,76)(H,59,74)(H,63,73)(H,65,70)/t24-,32+,35-/m1/s1. The largest absolute Gasteiger partial charge is 0.443 e. The Balaban J connectivity index is 1.36. The highest BCUT2D eigenvalue weighted by Gasteiger charge is 2.37. The van der Waals surface area contributed by atoms with Crippen LogP contribution in [0.15, 0.2) is 112 Å². The van der Waals surface area contributed by atoms with Crippen LogP contribution < -0.4 is 53.6 Å². The van der Waals surface area contributed by atoms with E-state index in [1.807, 2.05) is 0 Å². The van der Waals surface area contributed by atoms with Gasteiger partial charge in [-0.05, 0) is 46.8 Å². The van der Waals surface area contributed by atoms with Crippen molar-refractivity contribution in [1.29, 1.82) is 0 Å². The average Bonchev–Trinajstić information content (AvgIpc) is 4.26. The fourth-order valence-corrected chi connectivity index (χ4v) is 7.48. The molecule has 30 nitrogen and oxygen atoms in total. The molecule has 6 heterocycles. The molecule has 0 aromatic carbocycles. The zero-order valence-electron chi connectivity index (χ0n) is 43.4. The van der Waals surface area contributed by atoms with Crippen molar-refractivity contribution in [2.45, 2.75) is 58.4 Å². The van der Waals surface area contributed by atoms with E-state index in [9.17, 15) is 58.2 Å². The minimum absolute atomic E-state index is 0.0591. The Bertz CT molecular complexity index is 3610. The predicted octanol–water partition coefficient (Wildman–Crippen LogP) is -0.210. The molecular weight excluding hydrogens is 1080 g/mol. The quantitative estimate of drug-likeness (QED) is 0.0938. The predicted molar refractivity (Wildman–Crippen MR) is 282 cm³/mol. The number of oxazole rings is 3. The van der Waals surface area contributed by atoms with Gasteiger partial charge in [-0.1, -0.05) is 45.5 Å². The van der Waals surface area contributed by atoms with Crippen LogP contribution in [0.4, 0.5) is 0 Å². The number of nitrogens with two attached hydrogens (primary N) is 1. The Labute approximate surface area is 460 Å². The normalized spacial score (nSPS) is 17.3. The van der Waals surface area contributed by atoms with Gasteiger partial charge in [-0.25, -0.2) is 24.9 Å². The molecule has 0 radical (unpaired) electrons. The fourth-order valence-electron chi connectivity index (χ4n) is 6.66. The molecular formula is C50H49N15O15S. The summed E-state index contributed by atoms with van der Waals surface area (Å²) in [5.41, 5.74) is -1.59. The maximum absolute atomic E-state index is 13.8. The second kappa shape index (κ2) is 24.3. The number of aryl methyl sites for hydroxylation is 1. The molecule has 0 unspecified atom stereocenters. The first kappa shape index (κ1) is 59.5. The van der Waals surface area contributed by atoms with E-state index in [0.717, 1.165) is 23.9 Å². The molecule has 10 amide bonds. The van der Waals surface area contributed by atoms with E-state index in [2.05, 4.69) is 112 Å². The van der Waals surface area contributed by atoms with Gasteiger partial charge in [-0.2, -0.15) is 0 Å². The van der Waals surface area contributed by atoms with Crippen molar-refractivity contribution in [3.8, 4) is 22.0 Å². The number of primary amides is 1. The number of aliphatic hydroxyl groups excluding tert-OH is 1. The maximum atomic E-state index is 13.8. The third kappa shape index (κ3) is 14.0. The van der Waals surface area contributed by atoms with Gasteiger partial charge in [0.25, 0.3) is 47.3 Å². The molecule has 5 aromatic rings. The summed E-state index contributed by atoms with van der Waals surface area (Å²) >= 11 is 0.882. The van der Waals surface area contributed by atoms with E-state index in [0.29, 0.717) is 0 Å². The summed E-state index contributed by atoms with van der Waals surface area (Å²) in [5.74, 6) is -11.7. The number of fused-ring (bicyclic) bond motifs is 11. The van der Waals surface area contributed by atoms with E-state index in [4.69, 9.17) is 19.0 Å². The van der Waals surface area contributed by atoms with Gasteiger partial charge in [0, 0.05) is 10.9 Å². The molecule has 420 valence electrons. The minimum Gasteiger partial charge on any atom is -0.443 e. The molecule has 1 aliphatic rings. The van der Waals surface area contributed by atoms with Gasteiger partial charge < -0.3 is 77.0 Å². The minimum atomic E-state index is -1.99. The fraction of sp³-hybridized carbons (Fsp3) is 0.180. The Kier molecular flexibility index (Phi) is 17.8. The first-order chi connectivity index (χ1) is 38.0. The van der Waals surface area contributed by atoms with Crippen molar-refractivity contribution < 1.29 is 71.4 Å². The van der Waals surface area contributed by atoms with Crippen LogP contribution in [0.5, 0.6) is 0 Å². The molecule has 1 aliphatic heterocycles. The third-order valence-electron chi connectivity index (χ3n) is 10.9. The molecule has 13 N–H and O–H groups in total. The van der Waals surface area contributed by atoms with Crippen LogP contribution in [0.25, 0.3) is 39.1 Å². The second-order valence-corrected chi connectivity index (χ2v) is 18.4. The number of carbonyl (C=O) groups is 10. The number of rotatable bonds is 7. The summed E-state index contributed by atoms with van der Waals surface area (Å²) in [6.45, 7) is 27.7. The van der Waals surface area contributed by atoms with Gasteiger partial charge in [0.15, 0.2) is 11.4 Å². The number of thiazole rings is 1. The number of amides is 10. The van der Waals surface area contributed by atoms with Crippen LogP contribution in [0.3, 0.4) is 0 Å². The number of nitrogens with zero attached hydrogens (tertiary/aromatic N) is 5. The molecule has 0 aliphatic carbocycles. The average molecular weight is 1130 g/mol.